The number of benzene rings is 1. The summed E-state index contributed by atoms with van der Waals surface area (Å²) in [6.45, 7) is 10.6. The number of halogens is 1. The van der Waals surface area contributed by atoms with Gasteiger partial charge in [0.25, 0.3) is 0 Å². The van der Waals surface area contributed by atoms with E-state index in [0.29, 0.717) is 16.7 Å². The number of carbonyl (C=O) groups excluding carboxylic acids is 1. The molecule has 1 aromatic heterocycles. The van der Waals surface area contributed by atoms with E-state index in [1.54, 1.807) is 38.3 Å². The molecule has 4 nitrogen and oxygen atoms in total. The largest absolute Gasteiger partial charge is 0.389 e. The molecule has 0 radical (unpaired) electrons. The zero-order valence-corrected chi connectivity index (χ0v) is 14.6. The van der Waals surface area contributed by atoms with Crippen LogP contribution in [0, 0.1) is 5.82 Å². The van der Waals surface area contributed by atoms with Crippen molar-refractivity contribution in [3.8, 4) is 0 Å². The van der Waals surface area contributed by atoms with E-state index in [4.69, 9.17) is 5.73 Å². The number of hydrogen-bond acceptors (Lipinski definition) is 3. The summed E-state index contributed by atoms with van der Waals surface area (Å²) >= 11 is 0. The van der Waals surface area contributed by atoms with Gasteiger partial charge in [-0.05, 0) is 26.0 Å². The van der Waals surface area contributed by atoms with Gasteiger partial charge in [0.1, 0.15) is 5.82 Å². The van der Waals surface area contributed by atoms with Gasteiger partial charge in [0.05, 0.1) is 11.6 Å². The molecule has 3 N–H and O–H groups in total. The summed E-state index contributed by atoms with van der Waals surface area (Å²) in [4.78, 5) is 14.2. The SMILES string of the molecule is C=C/C=C(\C)C(N)=O.CC.CC(O)c1cc2cccnc2cc1F. The number of hydrogen-bond donors (Lipinski definition) is 2. The average molecular weight is 332 g/mol. The first-order valence-electron chi connectivity index (χ1n) is 7.68. The predicted molar refractivity (Wildman–Crippen MR) is 96.8 cm³/mol. The summed E-state index contributed by atoms with van der Waals surface area (Å²) in [7, 11) is 0. The molecule has 5 heteroatoms. The van der Waals surface area contributed by atoms with E-state index in [-0.39, 0.29) is 0 Å². The maximum Gasteiger partial charge on any atom is 0.244 e. The number of amides is 1. The lowest BCUT2D eigenvalue weighted by atomic mass is 10.1. The lowest BCUT2D eigenvalue weighted by Gasteiger charge is -2.07. The molecule has 1 heterocycles. The van der Waals surface area contributed by atoms with Gasteiger partial charge in [-0.15, -0.1) is 0 Å². The Bertz CT molecular complexity index is 710. The average Bonchev–Trinajstić information content (AvgIpc) is 2.56. The van der Waals surface area contributed by atoms with Crippen LogP contribution in [0.15, 0.2) is 54.8 Å². The van der Waals surface area contributed by atoms with Crippen LogP contribution >= 0.6 is 0 Å². The van der Waals surface area contributed by atoms with Gasteiger partial charge in [0.15, 0.2) is 0 Å². The van der Waals surface area contributed by atoms with Crippen LogP contribution in [0.2, 0.25) is 0 Å². The van der Waals surface area contributed by atoms with Crippen molar-refractivity contribution in [3.63, 3.8) is 0 Å². The van der Waals surface area contributed by atoms with Gasteiger partial charge in [-0.25, -0.2) is 4.39 Å². The van der Waals surface area contributed by atoms with Gasteiger partial charge in [0, 0.05) is 28.8 Å². The Morgan fingerprint density at radius 1 is 1.42 bits per heavy atom. The highest BCUT2D eigenvalue weighted by molar-refractivity contribution is 5.91. The number of allylic oxidation sites excluding steroid dienone is 2. The quantitative estimate of drug-likeness (QED) is 0.657. The Hall–Kier alpha value is -2.53. The number of fused-ring (bicyclic) bond motifs is 1. The van der Waals surface area contributed by atoms with Crippen molar-refractivity contribution in [2.24, 2.45) is 5.73 Å². The van der Waals surface area contributed by atoms with Crippen molar-refractivity contribution in [2.45, 2.75) is 33.8 Å². The molecule has 1 amide bonds. The molecule has 1 aromatic carbocycles. The minimum atomic E-state index is -0.792. The number of aliphatic hydroxyl groups is 1. The number of pyridine rings is 1. The van der Waals surface area contributed by atoms with Gasteiger partial charge in [0.2, 0.25) is 5.91 Å². The number of aliphatic hydroxyl groups excluding tert-OH is 1. The van der Waals surface area contributed by atoms with Gasteiger partial charge in [-0.1, -0.05) is 38.6 Å². The smallest absolute Gasteiger partial charge is 0.244 e. The molecule has 0 spiro atoms. The van der Waals surface area contributed by atoms with E-state index in [1.807, 2.05) is 19.9 Å². The molecule has 24 heavy (non-hydrogen) atoms. The predicted octanol–water partition coefficient (Wildman–Crippen LogP) is 4.06. The maximum atomic E-state index is 13.4. The van der Waals surface area contributed by atoms with Crippen LogP contribution in [0.25, 0.3) is 10.9 Å². The number of nitrogens with zero attached hydrogens (tertiary/aromatic N) is 1. The zero-order valence-electron chi connectivity index (χ0n) is 14.6. The topological polar surface area (TPSA) is 76.2 Å². The third-order valence-corrected chi connectivity index (χ3v) is 2.93. The van der Waals surface area contributed by atoms with Crippen molar-refractivity contribution in [1.82, 2.24) is 4.98 Å². The van der Waals surface area contributed by atoms with E-state index < -0.39 is 17.8 Å². The fraction of sp³-hybridized carbons (Fsp3) is 0.263. The Morgan fingerprint density at radius 3 is 2.50 bits per heavy atom. The molecule has 1 atom stereocenters. The van der Waals surface area contributed by atoms with Gasteiger partial charge in [-0.3, -0.25) is 9.78 Å². The lowest BCUT2D eigenvalue weighted by Crippen LogP contribution is -2.11. The number of carbonyl (C=O) groups is 1. The Kier molecular flexibility index (Phi) is 9.91. The molecule has 0 bridgehead atoms. The summed E-state index contributed by atoms with van der Waals surface area (Å²) in [5.74, 6) is -0.809. The third kappa shape index (κ3) is 6.71. The van der Waals surface area contributed by atoms with Crippen LogP contribution in [0.5, 0.6) is 0 Å². The van der Waals surface area contributed by atoms with E-state index in [9.17, 15) is 14.3 Å². The Morgan fingerprint density at radius 2 is 2.04 bits per heavy atom. The van der Waals surface area contributed by atoms with E-state index >= 15 is 0 Å². The third-order valence-electron chi connectivity index (χ3n) is 2.93. The van der Waals surface area contributed by atoms with Gasteiger partial charge < -0.3 is 10.8 Å². The standard InChI is InChI=1S/C11H10FNO.C6H9NO.C2H6/c1-7(14)9-5-8-3-2-4-13-11(8)6-10(9)12;1-3-4-5(2)6(7)8;1-2/h2-7,14H,1H3;3-4H,1H2,2H3,(H2,7,8);1-2H3/b;5-4+;. The van der Waals surface area contributed by atoms with Gasteiger partial charge in [-0.2, -0.15) is 0 Å². The van der Waals surface area contributed by atoms with E-state index in [2.05, 4.69) is 11.6 Å². The second kappa shape index (κ2) is 11.1. The van der Waals surface area contributed by atoms with Crippen LogP contribution in [0.1, 0.15) is 39.4 Å². The lowest BCUT2D eigenvalue weighted by molar-refractivity contribution is -0.114. The molecular weight excluding hydrogens is 307 g/mol. The highest BCUT2D eigenvalue weighted by Gasteiger charge is 2.09. The van der Waals surface area contributed by atoms with Crippen molar-refractivity contribution in [3.05, 3.63) is 66.1 Å². The van der Waals surface area contributed by atoms with Crippen LogP contribution in [-0.4, -0.2) is 16.0 Å². The first-order chi connectivity index (χ1) is 11.4. The Balaban J connectivity index is 0.000000456. The summed E-state index contributed by atoms with van der Waals surface area (Å²) < 4.78 is 13.4. The van der Waals surface area contributed by atoms with Crippen LogP contribution in [-0.2, 0) is 4.79 Å². The first-order valence-corrected chi connectivity index (χ1v) is 7.68. The molecule has 2 rings (SSSR count). The summed E-state index contributed by atoms with van der Waals surface area (Å²) in [6, 6.07) is 6.60. The molecule has 1 unspecified atom stereocenters. The summed E-state index contributed by atoms with van der Waals surface area (Å²) in [6.07, 6.45) is 3.92. The van der Waals surface area contributed by atoms with Crippen molar-refractivity contribution < 1.29 is 14.3 Å². The minimum absolute atomic E-state index is 0.311. The van der Waals surface area contributed by atoms with Crippen LogP contribution in [0.3, 0.4) is 0 Å². The highest BCUT2D eigenvalue weighted by Crippen LogP contribution is 2.22. The van der Waals surface area contributed by atoms with Gasteiger partial charge >= 0.3 is 0 Å². The molecule has 130 valence electrons. The number of nitrogens with two attached hydrogens (primary N) is 1. The van der Waals surface area contributed by atoms with Crippen molar-refractivity contribution in [2.75, 3.05) is 0 Å². The second-order valence-corrected chi connectivity index (χ2v) is 4.70. The van der Waals surface area contributed by atoms with Crippen LogP contribution in [0.4, 0.5) is 4.39 Å². The van der Waals surface area contributed by atoms with E-state index in [0.717, 1.165) is 5.39 Å². The molecule has 0 fully saturated rings. The maximum absolute atomic E-state index is 13.4. The van der Waals surface area contributed by atoms with Crippen molar-refractivity contribution in [1.29, 1.82) is 0 Å². The molecule has 0 aliphatic heterocycles. The molecule has 0 saturated carbocycles. The summed E-state index contributed by atoms with van der Waals surface area (Å²) in [5, 5.41) is 10.1. The summed E-state index contributed by atoms with van der Waals surface area (Å²) in [5.41, 5.74) is 6.31. The minimum Gasteiger partial charge on any atom is -0.389 e. The Labute approximate surface area is 142 Å². The number of primary amides is 1. The second-order valence-electron chi connectivity index (χ2n) is 4.70. The highest BCUT2D eigenvalue weighted by atomic mass is 19.1. The van der Waals surface area contributed by atoms with Crippen molar-refractivity contribution >= 4 is 16.8 Å². The normalized spacial score (nSPS) is 11.5. The molecule has 0 aliphatic carbocycles. The fourth-order valence-corrected chi connectivity index (χ4v) is 1.69. The van der Waals surface area contributed by atoms with Crippen LogP contribution < -0.4 is 5.73 Å². The zero-order chi connectivity index (χ0) is 18.7. The fourth-order valence-electron chi connectivity index (χ4n) is 1.69. The molecule has 0 aliphatic rings. The molecule has 2 aromatic rings. The number of aromatic nitrogens is 1. The van der Waals surface area contributed by atoms with E-state index in [1.165, 1.54) is 12.1 Å². The first kappa shape index (κ1) is 21.5. The molecular formula is C19H25FN2O2. The monoisotopic (exact) mass is 332 g/mol. The number of rotatable bonds is 3. The molecule has 0 saturated heterocycles.